The number of halogens is 2. The number of rotatable bonds is 3. The van der Waals surface area contributed by atoms with Crippen molar-refractivity contribution in [2.75, 3.05) is 12.3 Å². The molecule has 0 aromatic heterocycles. The van der Waals surface area contributed by atoms with Gasteiger partial charge in [0.2, 0.25) is 10.0 Å². The van der Waals surface area contributed by atoms with Gasteiger partial charge >= 0.3 is 0 Å². The second-order valence-electron chi connectivity index (χ2n) is 2.81. The van der Waals surface area contributed by atoms with Crippen LogP contribution < -0.4 is 10.5 Å². The molecule has 0 amide bonds. The monoisotopic (exact) mass is 356 g/mol. The Bertz CT molecular complexity index is 451. The first-order valence-electron chi connectivity index (χ1n) is 4.12. The minimum absolute atomic E-state index is 0.0764. The van der Waals surface area contributed by atoms with E-state index in [0.717, 1.165) is 4.47 Å². The van der Waals surface area contributed by atoms with Crippen LogP contribution in [0, 0.1) is 0 Å². The van der Waals surface area contributed by atoms with Gasteiger partial charge in [0.25, 0.3) is 0 Å². The fourth-order valence-electron chi connectivity index (χ4n) is 1.13. The molecule has 4 nitrogen and oxygen atoms in total. The molecule has 0 unspecified atom stereocenters. The van der Waals surface area contributed by atoms with Crippen LogP contribution in [0.25, 0.3) is 0 Å². The molecule has 0 aliphatic heterocycles. The molecule has 0 aliphatic rings. The molecule has 1 aromatic rings. The summed E-state index contributed by atoms with van der Waals surface area (Å²) in [5.41, 5.74) is 5.87. The van der Waals surface area contributed by atoms with Crippen LogP contribution in [-0.4, -0.2) is 15.0 Å². The Morgan fingerprint density at radius 1 is 1.40 bits per heavy atom. The summed E-state index contributed by atoms with van der Waals surface area (Å²) in [4.78, 5) is 0.0764. The van der Waals surface area contributed by atoms with Crippen molar-refractivity contribution in [1.29, 1.82) is 0 Å². The largest absolute Gasteiger partial charge is 0.398 e. The zero-order valence-electron chi connectivity index (χ0n) is 7.92. The minimum Gasteiger partial charge on any atom is -0.398 e. The van der Waals surface area contributed by atoms with Gasteiger partial charge in [-0.25, -0.2) is 13.1 Å². The van der Waals surface area contributed by atoms with Gasteiger partial charge in [-0.05, 0) is 28.1 Å². The van der Waals surface area contributed by atoms with Crippen molar-refractivity contribution in [1.82, 2.24) is 4.72 Å². The van der Waals surface area contributed by atoms with E-state index in [1.807, 2.05) is 0 Å². The number of hydrogen-bond acceptors (Lipinski definition) is 3. The number of hydrogen-bond donors (Lipinski definition) is 2. The third-order valence-electron chi connectivity index (χ3n) is 1.64. The molecule has 0 saturated carbocycles. The van der Waals surface area contributed by atoms with Crippen LogP contribution in [0.5, 0.6) is 0 Å². The maximum Gasteiger partial charge on any atom is 0.243 e. The van der Waals surface area contributed by atoms with Crippen molar-refractivity contribution in [3.8, 4) is 0 Å². The number of anilines is 1. The van der Waals surface area contributed by atoms with Gasteiger partial charge in [-0.3, -0.25) is 0 Å². The number of sulfonamides is 1. The van der Waals surface area contributed by atoms with Gasteiger partial charge < -0.3 is 5.73 Å². The summed E-state index contributed by atoms with van der Waals surface area (Å²) in [6, 6.07) is 3.19. The average molecular weight is 358 g/mol. The normalized spacial score (nSPS) is 11.7. The Balaban J connectivity index is 3.38. The van der Waals surface area contributed by atoms with Crippen molar-refractivity contribution in [2.24, 2.45) is 0 Å². The molecule has 0 atom stereocenters. The number of benzene rings is 1. The van der Waals surface area contributed by atoms with Crippen molar-refractivity contribution in [3.63, 3.8) is 0 Å². The standard InChI is InChI=1S/C8H10Br2N2O2S/c1-2-12-15(13,14)8-6(10)3-5(9)4-7(8)11/h3-4,12H,2,11H2,1H3. The molecule has 3 N–H and O–H groups in total. The molecule has 7 heteroatoms. The Hall–Kier alpha value is -0.110. The second-order valence-corrected chi connectivity index (χ2v) is 6.28. The molecule has 0 bridgehead atoms. The Labute approximate surface area is 106 Å². The Morgan fingerprint density at radius 2 is 2.00 bits per heavy atom. The number of nitrogens with two attached hydrogens (primary N) is 1. The Kier molecular flexibility index (Phi) is 4.16. The molecule has 84 valence electrons. The third kappa shape index (κ3) is 2.93. The first kappa shape index (κ1) is 13.0. The quantitative estimate of drug-likeness (QED) is 0.813. The predicted octanol–water partition coefficient (Wildman–Crippen LogP) is 2.09. The maximum atomic E-state index is 11.7. The van der Waals surface area contributed by atoms with Crippen LogP contribution in [-0.2, 0) is 10.0 Å². The molecule has 0 radical (unpaired) electrons. The van der Waals surface area contributed by atoms with E-state index in [9.17, 15) is 8.42 Å². The molecular formula is C8H10Br2N2O2S. The van der Waals surface area contributed by atoms with Crippen molar-refractivity contribution in [2.45, 2.75) is 11.8 Å². The fourth-order valence-corrected chi connectivity index (χ4v) is 4.23. The highest BCUT2D eigenvalue weighted by molar-refractivity contribution is 9.11. The van der Waals surface area contributed by atoms with Crippen LogP contribution in [0.15, 0.2) is 26.0 Å². The summed E-state index contributed by atoms with van der Waals surface area (Å²) in [5, 5.41) is 0. The zero-order valence-corrected chi connectivity index (χ0v) is 11.9. The van der Waals surface area contributed by atoms with Gasteiger partial charge in [0.05, 0.1) is 5.69 Å². The third-order valence-corrected chi connectivity index (χ3v) is 4.65. The van der Waals surface area contributed by atoms with E-state index in [1.165, 1.54) is 0 Å². The second kappa shape index (κ2) is 4.82. The van der Waals surface area contributed by atoms with Gasteiger partial charge in [-0.2, -0.15) is 0 Å². The molecule has 0 heterocycles. The van der Waals surface area contributed by atoms with Gasteiger partial charge in [0.1, 0.15) is 4.90 Å². The van der Waals surface area contributed by atoms with E-state index < -0.39 is 10.0 Å². The zero-order chi connectivity index (χ0) is 11.6. The molecule has 0 spiro atoms. The summed E-state index contributed by atoms with van der Waals surface area (Å²) >= 11 is 6.40. The smallest absolute Gasteiger partial charge is 0.243 e. The number of nitrogen functional groups attached to an aromatic ring is 1. The van der Waals surface area contributed by atoms with E-state index in [1.54, 1.807) is 19.1 Å². The van der Waals surface area contributed by atoms with E-state index in [4.69, 9.17) is 5.73 Å². The van der Waals surface area contributed by atoms with Crippen LogP contribution >= 0.6 is 31.9 Å². The molecule has 0 fully saturated rings. The summed E-state index contributed by atoms with van der Waals surface area (Å²) in [6.45, 7) is 2.03. The lowest BCUT2D eigenvalue weighted by molar-refractivity contribution is 0.584. The van der Waals surface area contributed by atoms with E-state index >= 15 is 0 Å². The predicted molar refractivity (Wildman–Crippen MR) is 67.1 cm³/mol. The maximum absolute atomic E-state index is 11.7. The van der Waals surface area contributed by atoms with Gasteiger partial charge in [-0.15, -0.1) is 0 Å². The van der Waals surface area contributed by atoms with Crippen molar-refractivity contribution in [3.05, 3.63) is 21.1 Å². The van der Waals surface area contributed by atoms with Crippen LogP contribution in [0.3, 0.4) is 0 Å². The highest BCUT2D eigenvalue weighted by atomic mass is 79.9. The summed E-state index contributed by atoms with van der Waals surface area (Å²) in [5.74, 6) is 0. The fraction of sp³-hybridized carbons (Fsp3) is 0.250. The Morgan fingerprint density at radius 3 is 2.47 bits per heavy atom. The lowest BCUT2D eigenvalue weighted by atomic mass is 10.3. The summed E-state index contributed by atoms with van der Waals surface area (Å²) < 4.78 is 27.0. The SMILES string of the molecule is CCNS(=O)(=O)c1c(N)cc(Br)cc1Br. The molecule has 0 saturated heterocycles. The molecule has 1 aromatic carbocycles. The van der Waals surface area contributed by atoms with Gasteiger partial charge in [0.15, 0.2) is 0 Å². The molecule has 0 aliphatic carbocycles. The van der Waals surface area contributed by atoms with Gasteiger partial charge in [-0.1, -0.05) is 22.9 Å². The summed E-state index contributed by atoms with van der Waals surface area (Å²) in [7, 11) is -3.53. The van der Waals surface area contributed by atoms with E-state index in [0.29, 0.717) is 11.0 Å². The highest BCUT2D eigenvalue weighted by Crippen LogP contribution is 2.31. The van der Waals surface area contributed by atoms with Crippen molar-refractivity contribution >= 4 is 47.6 Å². The first-order chi connectivity index (χ1) is 6.88. The lowest BCUT2D eigenvalue weighted by Crippen LogP contribution is -2.24. The van der Waals surface area contributed by atoms with E-state index in [2.05, 4.69) is 36.6 Å². The first-order valence-corrected chi connectivity index (χ1v) is 7.19. The van der Waals surface area contributed by atoms with E-state index in [-0.39, 0.29) is 10.6 Å². The van der Waals surface area contributed by atoms with Crippen LogP contribution in [0.4, 0.5) is 5.69 Å². The van der Waals surface area contributed by atoms with Crippen LogP contribution in [0.1, 0.15) is 6.92 Å². The highest BCUT2D eigenvalue weighted by Gasteiger charge is 2.20. The number of nitrogens with one attached hydrogen (secondary N) is 1. The molecule has 1 rings (SSSR count). The lowest BCUT2D eigenvalue weighted by Gasteiger charge is -2.10. The van der Waals surface area contributed by atoms with Crippen LogP contribution in [0.2, 0.25) is 0 Å². The minimum atomic E-state index is -3.53. The van der Waals surface area contributed by atoms with Crippen molar-refractivity contribution < 1.29 is 8.42 Å². The topological polar surface area (TPSA) is 72.2 Å². The van der Waals surface area contributed by atoms with Gasteiger partial charge in [0, 0.05) is 15.5 Å². The summed E-state index contributed by atoms with van der Waals surface area (Å²) in [6.07, 6.45) is 0. The molecular weight excluding hydrogens is 348 g/mol. The molecule has 15 heavy (non-hydrogen) atoms. The average Bonchev–Trinajstić information content (AvgIpc) is 1.99.